The Hall–Kier alpha value is -3.45. The van der Waals surface area contributed by atoms with Gasteiger partial charge in [-0.25, -0.2) is 34.3 Å². The molecule has 7 rings (SSSR count). The van der Waals surface area contributed by atoms with E-state index in [1.54, 1.807) is 0 Å². The number of nitrogen functional groups attached to an aromatic ring is 2. The van der Waals surface area contributed by atoms with Crippen molar-refractivity contribution in [3.63, 3.8) is 0 Å². The maximum Gasteiger partial charge on any atom is 0.697 e. The number of alkyl halides is 1. The smallest absolute Gasteiger partial charge is 0.385 e. The number of anilines is 2. The minimum Gasteiger partial charge on any atom is -0.385 e. The average Bonchev–Trinajstić information content (AvgIpc) is 3.73. The van der Waals surface area contributed by atoms with Crippen LogP contribution in [0.25, 0.3) is 22.3 Å². The number of rotatable bonds is 2. The van der Waals surface area contributed by atoms with E-state index in [1.165, 1.54) is 34.4 Å². The van der Waals surface area contributed by atoms with E-state index in [0.717, 1.165) is 0 Å². The number of ether oxygens (including phenoxy) is 2. The molecule has 4 aromatic rings. The summed E-state index contributed by atoms with van der Waals surface area (Å²) in [6.07, 6.45) is -5.90. The molecule has 3 aliphatic heterocycles. The van der Waals surface area contributed by atoms with Crippen molar-refractivity contribution in [2.45, 2.75) is 49.1 Å². The van der Waals surface area contributed by atoms with Gasteiger partial charge in [-0.15, -0.1) is 18.1 Å². The average molecular weight is 626 g/mol. The fraction of sp³-hybridized carbons (Fsp3) is 0.500. The molecule has 10 unspecified atom stereocenters. The highest BCUT2D eigenvalue weighted by Crippen LogP contribution is 2.45. The second-order valence-corrected chi connectivity index (χ2v) is 11.2. The highest BCUT2D eigenvalue weighted by atomic mass is 31.1. The van der Waals surface area contributed by atoms with E-state index < -0.39 is 78.9 Å². The van der Waals surface area contributed by atoms with Crippen LogP contribution in [0.15, 0.2) is 25.3 Å². The van der Waals surface area contributed by atoms with Crippen molar-refractivity contribution < 1.29 is 46.2 Å². The Bertz CT molecular complexity index is 1570. The second-order valence-electron chi connectivity index (χ2n) is 9.41. The molecule has 0 aromatic carbocycles. The Balaban J connectivity index is 1.12. The third-order valence-corrected chi connectivity index (χ3v) is 8.55. The number of aliphatic hydroxyl groups excluding tert-OH is 1. The summed E-state index contributed by atoms with van der Waals surface area (Å²) in [6.45, 7) is -0.953. The summed E-state index contributed by atoms with van der Waals surface area (Å²) in [4.78, 5) is 24.2. The van der Waals surface area contributed by atoms with Crippen molar-refractivity contribution in [3.8, 4) is 0 Å². The number of aromatic nitrogens is 8. The molecule has 22 heteroatoms. The fourth-order valence-electron chi connectivity index (χ4n) is 5.03. The standard InChI is InChI=1S/C20H21FN10O9P2/c21-9-13-7(37-19(9)30-5-28-10-15(22)24-3-26-17(10)30)1-35-42(34)40-14-8(2-36-41(33)39-13)38-20(12(14)32)31-6-29-11-16(23)25-4-27-18(11)31/h3-9,12-14,19-20,32H,1-2H2,(H2,22,24,26)(H2,23,25,27)/q+2. The molecule has 0 bridgehead atoms. The quantitative estimate of drug-likeness (QED) is 0.256. The number of nitrogens with zero attached hydrogens (tertiary/aromatic N) is 8. The zero-order valence-electron chi connectivity index (χ0n) is 21.1. The Kier molecular flexibility index (Phi) is 6.96. The van der Waals surface area contributed by atoms with Crippen molar-refractivity contribution in [1.82, 2.24) is 39.0 Å². The van der Waals surface area contributed by atoms with Crippen LogP contribution in [0.4, 0.5) is 16.0 Å². The van der Waals surface area contributed by atoms with E-state index in [-0.39, 0.29) is 34.0 Å². The zero-order valence-corrected chi connectivity index (χ0v) is 22.8. The highest BCUT2D eigenvalue weighted by molar-refractivity contribution is 7.33. The number of nitrogens with two attached hydrogens (primary N) is 2. The van der Waals surface area contributed by atoms with Crippen molar-refractivity contribution in [2.75, 3.05) is 24.7 Å². The minimum absolute atomic E-state index is 0.0830. The second kappa shape index (κ2) is 10.7. The van der Waals surface area contributed by atoms with E-state index in [1.807, 2.05) is 0 Å². The summed E-state index contributed by atoms with van der Waals surface area (Å²) >= 11 is 0. The zero-order chi connectivity index (χ0) is 29.1. The molecule has 3 saturated heterocycles. The summed E-state index contributed by atoms with van der Waals surface area (Å²) in [6, 6.07) is 0. The van der Waals surface area contributed by atoms with Crippen LogP contribution in [0.1, 0.15) is 12.5 Å². The maximum absolute atomic E-state index is 15.7. The third-order valence-electron chi connectivity index (χ3n) is 7.00. The molecule has 220 valence electrons. The van der Waals surface area contributed by atoms with E-state index in [9.17, 15) is 14.2 Å². The molecule has 3 fully saturated rings. The van der Waals surface area contributed by atoms with Gasteiger partial charge in [0.1, 0.15) is 55.2 Å². The van der Waals surface area contributed by atoms with E-state index in [4.69, 9.17) is 39.0 Å². The number of aliphatic hydroxyl groups is 1. The van der Waals surface area contributed by atoms with Crippen LogP contribution in [-0.4, -0.2) is 94.0 Å². The summed E-state index contributed by atoms with van der Waals surface area (Å²) < 4.78 is 77.4. The predicted molar refractivity (Wildman–Crippen MR) is 135 cm³/mol. The SMILES string of the molecule is Nc1ncnc2c1ncn2C1OC2CO[P+](=O)OC3C(CO[P+](=O)OC2C1O)OC(n1cnc2c(N)ncnc21)C3F. The van der Waals surface area contributed by atoms with Crippen LogP contribution < -0.4 is 11.5 Å². The molecule has 0 amide bonds. The first-order valence-corrected chi connectivity index (χ1v) is 14.5. The lowest BCUT2D eigenvalue weighted by molar-refractivity contribution is -0.0546. The van der Waals surface area contributed by atoms with Gasteiger partial charge in [0.15, 0.2) is 53.8 Å². The summed E-state index contributed by atoms with van der Waals surface area (Å²) in [5, 5.41) is 11.1. The van der Waals surface area contributed by atoms with Crippen molar-refractivity contribution in [3.05, 3.63) is 25.3 Å². The Morgan fingerprint density at radius 3 is 1.88 bits per heavy atom. The number of halogens is 1. The normalized spacial score (nSPS) is 34.2. The van der Waals surface area contributed by atoms with Crippen LogP contribution in [-0.2, 0) is 36.7 Å². The van der Waals surface area contributed by atoms with E-state index >= 15 is 4.39 Å². The van der Waals surface area contributed by atoms with E-state index in [0.29, 0.717) is 0 Å². The number of imidazole rings is 2. The first-order valence-electron chi connectivity index (χ1n) is 12.3. The Labute approximate surface area is 235 Å². The minimum atomic E-state index is -2.94. The van der Waals surface area contributed by atoms with Crippen molar-refractivity contribution in [1.29, 1.82) is 0 Å². The van der Waals surface area contributed by atoms with Gasteiger partial charge < -0.3 is 26.0 Å². The Morgan fingerprint density at radius 1 is 0.786 bits per heavy atom. The van der Waals surface area contributed by atoms with E-state index in [2.05, 4.69) is 29.9 Å². The number of fused-ring (bicyclic) bond motifs is 4. The molecule has 19 nitrogen and oxygen atoms in total. The molecule has 7 heterocycles. The van der Waals surface area contributed by atoms with Crippen LogP contribution in [0.3, 0.4) is 0 Å². The lowest BCUT2D eigenvalue weighted by atomic mass is 10.1. The van der Waals surface area contributed by atoms with Gasteiger partial charge in [0, 0.05) is 9.13 Å². The molecular weight excluding hydrogens is 605 g/mol. The number of hydrogen-bond donors (Lipinski definition) is 3. The largest absolute Gasteiger partial charge is 0.697 e. The van der Waals surface area contributed by atoms with Gasteiger partial charge in [-0.2, -0.15) is 0 Å². The summed E-state index contributed by atoms with van der Waals surface area (Å²) in [7, 11) is -5.85. The van der Waals surface area contributed by atoms with Crippen molar-refractivity contribution in [2.24, 2.45) is 0 Å². The van der Waals surface area contributed by atoms with Gasteiger partial charge in [-0.1, -0.05) is 0 Å². The summed E-state index contributed by atoms with van der Waals surface area (Å²) in [5.74, 6) is 0.197. The third kappa shape index (κ3) is 4.57. The molecule has 4 aromatic heterocycles. The van der Waals surface area contributed by atoms with Gasteiger partial charge in [0.05, 0.1) is 12.7 Å². The summed E-state index contributed by atoms with van der Waals surface area (Å²) in [5.41, 5.74) is 12.6. The first kappa shape index (κ1) is 27.4. The monoisotopic (exact) mass is 626 g/mol. The molecule has 0 spiro atoms. The first-order chi connectivity index (χ1) is 20.3. The van der Waals surface area contributed by atoms with Gasteiger partial charge in [-0.3, -0.25) is 9.13 Å². The molecule has 0 radical (unpaired) electrons. The molecule has 0 aliphatic carbocycles. The van der Waals surface area contributed by atoms with Crippen LogP contribution >= 0.6 is 16.5 Å². The predicted octanol–water partition coefficient (Wildman–Crippen LogP) is 0.456. The molecule has 3 aliphatic rings. The van der Waals surface area contributed by atoms with Gasteiger partial charge >= 0.3 is 16.5 Å². The van der Waals surface area contributed by atoms with Crippen LogP contribution in [0.2, 0.25) is 0 Å². The molecule has 10 atom stereocenters. The van der Waals surface area contributed by atoms with Crippen LogP contribution in [0.5, 0.6) is 0 Å². The lowest BCUT2D eigenvalue weighted by Gasteiger charge is -2.16. The Morgan fingerprint density at radius 2 is 1.29 bits per heavy atom. The van der Waals surface area contributed by atoms with Gasteiger partial charge in [-0.05, 0) is 0 Å². The molecule has 0 saturated carbocycles. The lowest BCUT2D eigenvalue weighted by Crippen LogP contribution is -2.36. The van der Waals surface area contributed by atoms with Crippen LogP contribution in [0, 0.1) is 0 Å². The van der Waals surface area contributed by atoms with Gasteiger partial charge in [0.2, 0.25) is 0 Å². The van der Waals surface area contributed by atoms with Gasteiger partial charge in [0.25, 0.3) is 0 Å². The van der Waals surface area contributed by atoms with Crippen molar-refractivity contribution >= 4 is 50.5 Å². The molecule has 42 heavy (non-hydrogen) atoms. The molecule has 5 N–H and O–H groups in total. The highest BCUT2D eigenvalue weighted by Gasteiger charge is 2.56. The maximum atomic E-state index is 15.7. The number of hydrogen-bond acceptors (Lipinski definition) is 17. The topological polar surface area (TPSA) is 249 Å². The molecular formula is C20H21FN10O9P2+2. The fourth-order valence-corrected chi connectivity index (χ4v) is 6.60.